The van der Waals surface area contributed by atoms with E-state index in [4.69, 9.17) is 0 Å². The van der Waals surface area contributed by atoms with Crippen molar-refractivity contribution < 1.29 is 13.2 Å². The molecule has 0 aliphatic heterocycles. The van der Waals surface area contributed by atoms with Crippen LogP contribution in [0.4, 0.5) is 5.13 Å². The SMILES string of the molecule is CN(C)CCN(C(=O)c1ccc(S(C)(=O)=O)cc1)c1nc2ccc(Br)cc2s1. The number of carbonyl (C=O) groups excluding carboxylic acids is 1. The number of rotatable bonds is 6. The molecule has 0 saturated heterocycles. The third-order valence-electron chi connectivity index (χ3n) is 4.12. The van der Waals surface area contributed by atoms with E-state index in [0.717, 1.165) is 20.9 Å². The second-order valence-corrected chi connectivity index (χ2v) is 10.6. The number of nitrogens with zero attached hydrogens (tertiary/aromatic N) is 3. The zero-order valence-corrected chi connectivity index (χ0v) is 18.9. The molecule has 148 valence electrons. The van der Waals surface area contributed by atoms with E-state index in [9.17, 15) is 13.2 Å². The van der Waals surface area contributed by atoms with E-state index in [2.05, 4.69) is 20.9 Å². The maximum Gasteiger partial charge on any atom is 0.260 e. The molecular weight excluding hydrogens is 462 g/mol. The Morgan fingerprint density at radius 1 is 1.11 bits per heavy atom. The highest BCUT2D eigenvalue weighted by molar-refractivity contribution is 9.10. The average molecular weight is 482 g/mol. The fraction of sp³-hybridized carbons (Fsp3) is 0.263. The van der Waals surface area contributed by atoms with Gasteiger partial charge in [-0.15, -0.1) is 0 Å². The van der Waals surface area contributed by atoms with Crippen molar-refractivity contribution in [3.8, 4) is 0 Å². The van der Waals surface area contributed by atoms with Crippen LogP contribution in [0, 0.1) is 0 Å². The van der Waals surface area contributed by atoms with E-state index < -0.39 is 9.84 Å². The van der Waals surface area contributed by atoms with Crippen molar-refractivity contribution >= 4 is 58.4 Å². The van der Waals surface area contributed by atoms with Gasteiger partial charge in [0, 0.05) is 29.4 Å². The Kier molecular flexibility index (Phi) is 6.18. The second-order valence-electron chi connectivity index (χ2n) is 6.67. The Labute approximate surface area is 176 Å². The highest BCUT2D eigenvalue weighted by atomic mass is 79.9. The first-order valence-electron chi connectivity index (χ1n) is 8.48. The van der Waals surface area contributed by atoms with E-state index in [1.54, 1.807) is 17.0 Å². The number of benzene rings is 2. The van der Waals surface area contributed by atoms with Gasteiger partial charge in [-0.2, -0.15) is 0 Å². The fourth-order valence-corrected chi connectivity index (χ4v) is 4.76. The van der Waals surface area contributed by atoms with Crippen LogP contribution in [0.15, 0.2) is 51.8 Å². The summed E-state index contributed by atoms with van der Waals surface area (Å²) in [7, 11) is 0.580. The minimum atomic E-state index is -3.31. The summed E-state index contributed by atoms with van der Waals surface area (Å²) in [4.78, 5) is 21.6. The summed E-state index contributed by atoms with van der Waals surface area (Å²) in [6.45, 7) is 1.15. The summed E-state index contributed by atoms with van der Waals surface area (Å²) in [6.07, 6.45) is 1.15. The molecule has 0 N–H and O–H groups in total. The Morgan fingerprint density at radius 2 is 1.79 bits per heavy atom. The number of thiazole rings is 1. The molecule has 0 radical (unpaired) electrons. The number of likely N-dealkylation sites (N-methyl/N-ethyl adjacent to an activating group) is 1. The van der Waals surface area contributed by atoms with Crippen LogP contribution in [0.25, 0.3) is 10.2 Å². The molecule has 0 atom stereocenters. The van der Waals surface area contributed by atoms with Crippen LogP contribution in [0.3, 0.4) is 0 Å². The maximum atomic E-state index is 13.2. The van der Waals surface area contributed by atoms with E-state index in [1.807, 2.05) is 37.2 Å². The van der Waals surface area contributed by atoms with Gasteiger partial charge in [-0.1, -0.05) is 27.3 Å². The lowest BCUT2D eigenvalue weighted by molar-refractivity contribution is 0.0985. The van der Waals surface area contributed by atoms with E-state index >= 15 is 0 Å². The number of halogens is 1. The topological polar surface area (TPSA) is 70.6 Å². The summed E-state index contributed by atoms with van der Waals surface area (Å²) in [5.74, 6) is -0.208. The van der Waals surface area contributed by atoms with Gasteiger partial charge in [0.2, 0.25) is 0 Å². The van der Waals surface area contributed by atoms with Gasteiger partial charge in [0.15, 0.2) is 15.0 Å². The molecule has 1 aromatic heterocycles. The minimum absolute atomic E-state index is 0.189. The standard InChI is InChI=1S/C19H20BrN3O3S2/c1-22(2)10-11-23(19-21-16-9-6-14(20)12-17(16)27-19)18(24)13-4-7-15(8-5-13)28(3,25)26/h4-9,12H,10-11H2,1-3H3. The van der Waals surface area contributed by atoms with Gasteiger partial charge in [-0.3, -0.25) is 9.69 Å². The van der Waals surface area contributed by atoms with Gasteiger partial charge in [-0.05, 0) is 56.6 Å². The molecule has 3 aromatic rings. The number of anilines is 1. The first kappa shape index (κ1) is 20.9. The van der Waals surface area contributed by atoms with Crippen LogP contribution in [0.5, 0.6) is 0 Å². The van der Waals surface area contributed by atoms with E-state index in [0.29, 0.717) is 23.8 Å². The highest BCUT2D eigenvalue weighted by Gasteiger charge is 2.22. The molecule has 0 unspecified atom stereocenters. The van der Waals surface area contributed by atoms with Crippen molar-refractivity contribution in [2.75, 3.05) is 38.3 Å². The zero-order chi connectivity index (χ0) is 20.5. The van der Waals surface area contributed by atoms with Gasteiger partial charge < -0.3 is 4.90 Å². The lowest BCUT2D eigenvalue weighted by atomic mass is 10.2. The Hall–Kier alpha value is -1.81. The first-order chi connectivity index (χ1) is 13.1. The molecule has 0 spiro atoms. The number of hydrogen-bond donors (Lipinski definition) is 0. The molecule has 0 aliphatic rings. The summed E-state index contributed by atoms with van der Waals surface area (Å²) < 4.78 is 25.3. The molecule has 0 aliphatic carbocycles. The summed E-state index contributed by atoms with van der Waals surface area (Å²) in [6, 6.07) is 11.8. The van der Waals surface area contributed by atoms with Crippen molar-refractivity contribution in [3.63, 3.8) is 0 Å². The number of amides is 1. The molecule has 6 nitrogen and oxygen atoms in total. The molecule has 2 aromatic carbocycles. The molecule has 9 heteroatoms. The van der Waals surface area contributed by atoms with Crippen LogP contribution in [-0.4, -0.2) is 57.6 Å². The van der Waals surface area contributed by atoms with Crippen LogP contribution in [0.2, 0.25) is 0 Å². The van der Waals surface area contributed by atoms with Crippen LogP contribution >= 0.6 is 27.3 Å². The number of carbonyl (C=O) groups is 1. The summed E-state index contributed by atoms with van der Waals surface area (Å²) in [5.41, 5.74) is 1.25. The van der Waals surface area contributed by atoms with Crippen LogP contribution < -0.4 is 4.90 Å². The number of sulfone groups is 1. The number of fused-ring (bicyclic) bond motifs is 1. The van der Waals surface area contributed by atoms with Crippen molar-refractivity contribution in [1.29, 1.82) is 0 Å². The molecule has 0 fully saturated rings. The van der Waals surface area contributed by atoms with Crippen molar-refractivity contribution in [2.45, 2.75) is 4.90 Å². The molecule has 0 bridgehead atoms. The summed E-state index contributed by atoms with van der Waals surface area (Å²) >= 11 is 4.91. The van der Waals surface area contributed by atoms with Gasteiger partial charge in [-0.25, -0.2) is 13.4 Å². The van der Waals surface area contributed by atoms with Gasteiger partial charge in [0.05, 0.1) is 15.1 Å². The fourth-order valence-electron chi connectivity index (χ4n) is 2.59. The largest absolute Gasteiger partial charge is 0.308 e. The predicted octanol–water partition coefficient (Wildman–Crippen LogP) is 3.67. The smallest absolute Gasteiger partial charge is 0.260 e. The van der Waals surface area contributed by atoms with E-state index in [1.165, 1.54) is 23.5 Å². The molecular formula is C19H20BrN3O3S2. The molecule has 1 heterocycles. The van der Waals surface area contributed by atoms with Crippen molar-refractivity contribution in [2.24, 2.45) is 0 Å². The quantitative estimate of drug-likeness (QED) is 0.536. The molecule has 1 amide bonds. The van der Waals surface area contributed by atoms with Gasteiger partial charge >= 0.3 is 0 Å². The molecule has 28 heavy (non-hydrogen) atoms. The van der Waals surface area contributed by atoms with Crippen molar-refractivity contribution in [1.82, 2.24) is 9.88 Å². The lowest BCUT2D eigenvalue weighted by Crippen LogP contribution is -2.36. The predicted molar refractivity (Wildman–Crippen MR) is 117 cm³/mol. The third-order valence-corrected chi connectivity index (χ3v) is 6.78. The molecule has 3 rings (SSSR count). The molecule has 0 saturated carbocycles. The Balaban J connectivity index is 1.97. The van der Waals surface area contributed by atoms with E-state index in [-0.39, 0.29) is 10.8 Å². The third kappa shape index (κ3) is 4.78. The Morgan fingerprint density at radius 3 is 2.39 bits per heavy atom. The Bertz CT molecular complexity index is 1110. The number of aromatic nitrogens is 1. The van der Waals surface area contributed by atoms with Crippen LogP contribution in [-0.2, 0) is 9.84 Å². The van der Waals surface area contributed by atoms with Gasteiger partial charge in [0.1, 0.15) is 0 Å². The maximum absolute atomic E-state index is 13.2. The second kappa shape index (κ2) is 8.28. The summed E-state index contributed by atoms with van der Waals surface area (Å²) in [5, 5.41) is 0.618. The highest BCUT2D eigenvalue weighted by Crippen LogP contribution is 2.31. The first-order valence-corrected chi connectivity index (χ1v) is 12.0. The minimum Gasteiger partial charge on any atom is -0.308 e. The number of hydrogen-bond acceptors (Lipinski definition) is 6. The van der Waals surface area contributed by atoms with Crippen molar-refractivity contribution in [3.05, 3.63) is 52.5 Å². The van der Waals surface area contributed by atoms with Crippen LogP contribution in [0.1, 0.15) is 10.4 Å². The zero-order valence-electron chi connectivity index (χ0n) is 15.7. The average Bonchev–Trinajstić information content (AvgIpc) is 3.03. The normalized spacial score (nSPS) is 11.9. The lowest BCUT2D eigenvalue weighted by Gasteiger charge is -2.22. The monoisotopic (exact) mass is 481 g/mol. The van der Waals surface area contributed by atoms with Gasteiger partial charge in [0.25, 0.3) is 5.91 Å².